The van der Waals surface area contributed by atoms with Crippen molar-refractivity contribution in [2.24, 2.45) is 0 Å². The van der Waals surface area contributed by atoms with Crippen LogP contribution in [0.15, 0.2) is 18.2 Å². The summed E-state index contributed by atoms with van der Waals surface area (Å²) in [6.45, 7) is 0. The molecular formula is C8H11ClFNO. The number of ether oxygens (including phenoxy) is 1. The molecule has 1 N–H and O–H groups in total. The maximum absolute atomic E-state index is 12.8. The van der Waals surface area contributed by atoms with E-state index in [0.29, 0.717) is 11.4 Å². The molecule has 0 saturated heterocycles. The van der Waals surface area contributed by atoms with Gasteiger partial charge in [-0.25, -0.2) is 4.39 Å². The number of rotatable bonds is 2. The second-order valence-electron chi connectivity index (χ2n) is 2.10. The van der Waals surface area contributed by atoms with Crippen molar-refractivity contribution < 1.29 is 9.13 Å². The van der Waals surface area contributed by atoms with Crippen molar-refractivity contribution in [2.75, 3.05) is 19.5 Å². The minimum atomic E-state index is -0.270. The zero-order valence-corrected chi connectivity index (χ0v) is 7.74. The number of nitrogens with one attached hydrogen (secondary N) is 1. The third kappa shape index (κ3) is 2.27. The van der Waals surface area contributed by atoms with Gasteiger partial charge >= 0.3 is 0 Å². The molecule has 12 heavy (non-hydrogen) atoms. The molecule has 0 fully saturated rings. The van der Waals surface area contributed by atoms with E-state index in [2.05, 4.69) is 5.32 Å². The van der Waals surface area contributed by atoms with Gasteiger partial charge in [0.05, 0.1) is 12.8 Å². The molecule has 0 spiro atoms. The van der Waals surface area contributed by atoms with Crippen LogP contribution in [-0.2, 0) is 0 Å². The van der Waals surface area contributed by atoms with Gasteiger partial charge in [0.25, 0.3) is 0 Å². The molecule has 2 nitrogen and oxygen atoms in total. The van der Waals surface area contributed by atoms with E-state index in [9.17, 15) is 4.39 Å². The van der Waals surface area contributed by atoms with E-state index in [1.165, 1.54) is 6.07 Å². The van der Waals surface area contributed by atoms with Crippen molar-refractivity contribution >= 4 is 18.1 Å². The first-order chi connectivity index (χ1) is 5.27. The van der Waals surface area contributed by atoms with E-state index in [4.69, 9.17) is 4.74 Å². The van der Waals surface area contributed by atoms with Crippen molar-refractivity contribution in [1.29, 1.82) is 0 Å². The predicted octanol–water partition coefficient (Wildman–Crippen LogP) is 2.30. The molecule has 0 aromatic heterocycles. The van der Waals surface area contributed by atoms with Crippen molar-refractivity contribution in [3.05, 3.63) is 24.0 Å². The molecular weight excluding hydrogens is 181 g/mol. The lowest BCUT2D eigenvalue weighted by molar-refractivity contribution is 0.414. The molecule has 4 heteroatoms. The Kier molecular flexibility index (Phi) is 4.44. The number of methoxy groups -OCH3 is 1. The van der Waals surface area contributed by atoms with E-state index in [1.807, 2.05) is 0 Å². The molecule has 0 atom stereocenters. The molecule has 0 unspecified atom stereocenters. The highest BCUT2D eigenvalue weighted by Crippen LogP contribution is 2.19. The predicted molar refractivity (Wildman–Crippen MR) is 49.7 cm³/mol. The molecule has 0 saturated carbocycles. The van der Waals surface area contributed by atoms with Crippen molar-refractivity contribution in [1.82, 2.24) is 0 Å². The van der Waals surface area contributed by atoms with Crippen LogP contribution in [0.25, 0.3) is 0 Å². The Morgan fingerprint density at radius 1 is 1.42 bits per heavy atom. The van der Waals surface area contributed by atoms with Gasteiger partial charge in [0, 0.05) is 13.1 Å². The van der Waals surface area contributed by atoms with Gasteiger partial charge in [-0.3, -0.25) is 0 Å². The number of hydrogen-bond donors (Lipinski definition) is 1. The Labute approximate surface area is 77.1 Å². The zero-order valence-electron chi connectivity index (χ0n) is 6.93. The Bertz CT molecular complexity index is 255. The van der Waals surface area contributed by atoms with Gasteiger partial charge in [-0.15, -0.1) is 12.4 Å². The normalized spacial score (nSPS) is 8.58. The lowest BCUT2D eigenvalue weighted by atomic mass is 10.3. The molecule has 0 heterocycles. The molecule has 0 radical (unpaired) electrons. The summed E-state index contributed by atoms with van der Waals surface area (Å²) in [5.74, 6) is 0.379. The van der Waals surface area contributed by atoms with Gasteiger partial charge in [-0.05, 0) is 12.1 Å². The van der Waals surface area contributed by atoms with Gasteiger partial charge in [0.15, 0.2) is 0 Å². The van der Waals surface area contributed by atoms with Gasteiger partial charge < -0.3 is 10.1 Å². The van der Waals surface area contributed by atoms with Crippen molar-refractivity contribution in [3.63, 3.8) is 0 Å². The van der Waals surface area contributed by atoms with E-state index in [-0.39, 0.29) is 18.2 Å². The average molecular weight is 192 g/mol. The van der Waals surface area contributed by atoms with Crippen LogP contribution in [0.5, 0.6) is 5.75 Å². The Hall–Kier alpha value is -0.960. The maximum Gasteiger partial charge on any atom is 0.146 e. The van der Waals surface area contributed by atoms with Crippen LogP contribution < -0.4 is 10.1 Å². The smallest absolute Gasteiger partial charge is 0.146 e. The summed E-state index contributed by atoms with van der Waals surface area (Å²) in [6, 6.07) is 4.55. The van der Waals surface area contributed by atoms with Crippen LogP contribution in [0.2, 0.25) is 0 Å². The summed E-state index contributed by atoms with van der Waals surface area (Å²) in [5, 5.41) is 2.71. The van der Waals surface area contributed by atoms with E-state index >= 15 is 0 Å². The molecule has 68 valence electrons. The van der Waals surface area contributed by atoms with Crippen LogP contribution in [0.1, 0.15) is 0 Å². The van der Waals surface area contributed by atoms with Crippen molar-refractivity contribution in [3.8, 4) is 5.75 Å². The van der Waals surface area contributed by atoms with Crippen LogP contribution in [-0.4, -0.2) is 14.2 Å². The summed E-state index contributed by atoms with van der Waals surface area (Å²) < 4.78 is 17.7. The van der Waals surface area contributed by atoms with Crippen LogP contribution in [0.3, 0.4) is 0 Å². The molecule has 1 aromatic carbocycles. The third-order valence-corrected chi connectivity index (χ3v) is 1.44. The first-order valence-electron chi connectivity index (χ1n) is 3.29. The largest absolute Gasteiger partial charge is 0.497 e. The Balaban J connectivity index is 0.00000121. The van der Waals surface area contributed by atoms with Gasteiger partial charge in [0.1, 0.15) is 11.6 Å². The van der Waals surface area contributed by atoms with Gasteiger partial charge in [-0.1, -0.05) is 0 Å². The molecule has 1 rings (SSSR count). The standard InChI is InChI=1S/C8H10FNO.ClH/c1-10-8-5-6(11-2)3-4-7(8)9;/h3-5,10H,1-2H3;1H. The third-order valence-electron chi connectivity index (χ3n) is 1.44. The lowest BCUT2D eigenvalue weighted by Crippen LogP contribution is -1.93. The minimum Gasteiger partial charge on any atom is -0.497 e. The highest BCUT2D eigenvalue weighted by Gasteiger charge is 1.99. The molecule has 0 bridgehead atoms. The van der Waals surface area contributed by atoms with Crippen LogP contribution in [0.4, 0.5) is 10.1 Å². The molecule has 0 aliphatic heterocycles. The number of benzene rings is 1. The Morgan fingerprint density at radius 3 is 2.58 bits per heavy atom. The number of hydrogen-bond acceptors (Lipinski definition) is 2. The summed E-state index contributed by atoms with van der Waals surface area (Å²) in [6.07, 6.45) is 0. The van der Waals surface area contributed by atoms with Gasteiger partial charge in [0.2, 0.25) is 0 Å². The second kappa shape index (κ2) is 4.83. The lowest BCUT2D eigenvalue weighted by Gasteiger charge is -2.04. The minimum absolute atomic E-state index is 0. The highest BCUT2D eigenvalue weighted by molar-refractivity contribution is 5.85. The molecule has 1 aromatic rings. The van der Waals surface area contributed by atoms with Crippen LogP contribution in [0, 0.1) is 5.82 Å². The first kappa shape index (κ1) is 11.0. The molecule has 0 aliphatic rings. The highest BCUT2D eigenvalue weighted by atomic mass is 35.5. The summed E-state index contributed by atoms with van der Waals surface area (Å²) in [5.41, 5.74) is 0.448. The number of halogens is 2. The quantitative estimate of drug-likeness (QED) is 0.775. The summed E-state index contributed by atoms with van der Waals surface area (Å²) in [4.78, 5) is 0. The monoisotopic (exact) mass is 191 g/mol. The van der Waals surface area contributed by atoms with E-state index in [1.54, 1.807) is 26.3 Å². The maximum atomic E-state index is 12.8. The van der Waals surface area contributed by atoms with E-state index < -0.39 is 0 Å². The molecule has 0 amide bonds. The van der Waals surface area contributed by atoms with Crippen LogP contribution >= 0.6 is 12.4 Å². The average Bonchev–Trinajstić information content (AvgIpc) is 2.05. The SMILES string of the molecule is CNc1cc(OC)ccc1F.Cl. The fourth-order valence-electron chi connectivity index (χ4n) is 0.823. The second-order valence-corrected chi connectivity index (χ2v) is 2.10. The zero-order chi connectivity index (χ0) is 8.27. The fraction of sp³-hybridized carbons (Fsp3) is 0.250. The summed E-state index contributed by atoms with van der Waals surface area (Å²) in [7, 11) is 3.21. The van der Waals surface area contributed by atoms with Gasteiger partial charge in [-0.2, -0.15) is 0 Å². The first-order valence-corrected chi connectivity index (χ1v) is 3.29. The summed E-state index contributed by atoms with van der Waals surface area (Å²) >= 11 is 0. The topological polar surface area (TPSA) is 21.3 Å². The fourth-order valence-corrected chi connectivity index (χ4v) is 0.823. The number of anilines is 1. The van der Waals surface area contributed by atoms with E-state index in [0.717, 1.165) is 0 Å². The van der Waals surface area contributed by atoms with Crippen molar-refractivity contribution in [2.45, 2.75) is 0 Å². The Morgan fingerprint density at radius 2 is 2.08 bits per heavy atom. The molecule has 0 aliphatic carbocycles.